The van der Waals surface area contributed by atoms with Gasteiger partial charge in [0.05, 0.1) is 19.5 Å². The predicted molar refractivity (Wildman–Crippen MR) is 36.5 cm³/mol. The van der Waals surface area contributed by atoms with E-state index in [0.29, 0.717) is 13.2 Å². The quantitative estimate of drug-likeness (QED) is 0.559. The van der Waals surface area contributed by atoms with E-state index < -0.39 is 21.3 Å². The van der Waals surface area contributed by atoms with Gasteiger partial charge in [-0.1, -0.05) is 3.77 Å². The topological polar surface area (TPSA) is 65.0 Å². The van der Waals surface area contributed by atoms with Crippen LogP contribution in [0.1, 0.15) is 0 Å². The molecule has 1 heterocycles. The molecular formula is C3H7NO4S2. The third kappa shape index (κ3) is 2.74. The highest BCUT2D eigenvalue weighted by Gasteiger charge is 2.10. The molecule has 0 radical (unpaired) electrons. The monoisotopic (exact) mass is 185 g/mol. The first kappa shape index (κ1) is 8.12. The van der Waals surface area contributed by atoms with Crippen molar-refractivity contribution in [2.24, 2.45) is 3.77 Å². The van der Waals surface area contributed by atoms with Gasteiger partial charge in [0.15, 0.2) is 11.3 Å². The maximum Gasteiger partial charge on any atom is 0.259 e. The Balaban J connectivity index is 2.72. The molecule has 0 bridgehead atoms. The Morgan fingerprint density at radius 1 is 1.40 bits per heavy atom. The Kier molecular flexibility index (Phi) is 2.40. The Labute approximate surface area is 61.9 Å². The average molecular weight is 185 g/mol. The molecule has 0 spiro atoms. The molecule has 1 aliphatic heterocycles. The number of nitrogens with zero attached hydrogens (tertiary/aromatic N) is 1. The molecule has 0 aromatic carbocycles. The van der Waals surface area contributed by atoms with Crippen LogP contribution in [0.5, 0.6) is 0 Å². The zero-order valence-electron chi connectivity index (χ0n) is 5.31. The third-order valence-corrected chi connectivity index (χ3v) is 2.95. The first-order valence-corrected chi connectivity index (χ1v) is 5.40. The summed E-state index contributed by atoms with van der Waals surface area (Å²) in [6.07, 6.45) is 1.00. The Morgan fingerprint density at radius 3 is 2.30 bits per heavy atom. The zero-order valence-corrected chi connectivity index (χ0v) is 6.94. The summed E-state index contributed by atoms with van der Waals surface area (Å²) in [4.78, 5) is 0. The van der Waals surface area contributed by atoms with E-state index in [1.807, 2.05) is 0 Å². The van der Waals surface area contributed by atoms with Crippen molar-refractivity contribution in [3.63, 3.8) is 0 Å². The van der Waals surface area contributed by atoms with Gasteiger partial charge in [-0.05, 0) is 0 Å². The van der Waals surface area contributed by atoms with Crippen LogP contribution in [0, 0.1) is 0 Å². The van der Waals surface area contributed by atoms with Crippen molar-refractivity contribution >= 4 is 21.3 Å². The Hall–Kier alpha value is 0.0200. The van der Waals surface area contributed by atoms with Gasteiger partial charge in [0.25, 0.3) is 10.0 Å². The van der Waals surface area contributed by atoms with Crippen molar-refractivity contribution in [2.75, 3.05) is 19.5 Å². The number of sulfonamides is 1. The predicted octanol–water partition coefficient (Wildman–Crippen LogP) is -0.375. The van der Waals surface area contributed by atoms with E-state index in [9.17, 15) is 8.42 Å². The SMILES string of the molecule is CS(=O)(=O)N=S1OCCO1. The van der Waals surface area contributed by atoms with Gasteiger partial charge in [-0.2, -0.15) is 0 Å². The average Bonchev–Trinajstić information content (AvgIpc) is 2.12. The fourth-order valence-electron chi connectivity index (χ4n) is 0.398. The van der Waals surface area contributed by atoms with Crippen molar-refractivity contribution < 1.29 is 16.8 Å². The standard InChI is InChI=1S/C3H7NO4S2/c1-10(5,6)4-9-7-2-3-8-9/h2-3H2,1H3. The van der Waals surface area contributed by atoms with Gasteiger partial charge >= 0.3 is 0 Å². The van der Waals surface area contributed by atoms with Crippen LogP contribution < -0.4 is 0 Å². The van der Waals surface area contributed by atoms with E-state index in [-0.39, 0.29) is 0 Å². The van der Waals surface area contributed by atoms with Gasteiger partial charge in [0, 0.05) is 0 Å². The molecule has 0 aliphatic carbocycles. The van der Waals surface area contributed by atoms with Crippen LogP contribution in [0.15, 0.2) is 3.77 Å². The lowest BCUT2D eigenvalue weighted by molar-refractivity contribution is 0.365. The molecular weight excluding hydrogens is 178 g/mol. The van der Waals surface area contributed by atoms with Crippen molar-refractivity contribution in [1.82, 2.24) is 0 Å². The molecule has 1 fully saturated rings. The first-order chi connectivity index (χ1) is 4.58. The molecule has 10 heavy (non-hydrogen) atoms. The van der Waals surface area contributed by atoms with Gasteiger partial charge in [0.1, 0.15) is 0 Å². The maximum atomic E-state index is 10.5. The summed E-state index contributed by atoms with van der Waals surface area (Å²) >= 11 is -1.16. The van der Waals surface area contributed by atoms with Crippen LogP contribution in [-0.2, 0) is 29.6 Å². The van der Waals surface area contributed by atoms with E-state index in [2.05, 4.69) is 3.77 Å². The first-order valence-electron chi connectivity index (χ1n) is 2.52. The highest BCUT2D eigenvalue weighted by atomic mass is 32.3. The van der Waals surface area contributed by atoms with Gasteiger partial charge in [-0.25, -0.2) is 8.42 Å². The van der Waals surface area contributed by atoms with Gasteiger partial charge < -0.3 is 0 Å². The van der Waals surface area contributed by atoms with E-state index >= 15 is 0 Å². The lowest BCUT2D eigenvalue weighted by atomic mass is 10.8. The number of hydrogen-bond acceptors (Lipinski definition) is 4. The molecule has 7 heteroatoms. The van der Waals surface area contributed by atoms with E-state index in [1.54, 1.807) is 0 Å². The van der Waals surface area contributed by atoms with Crippen molar-refractivity contribution in [2.45, 2.75) is 0 Å². The summed E-state index contributed by atoms with van der Waals surface area (Å²) in [5, 5.41) is 0. The molecule has 60 valence electrons. The molecule has 0 N–H and O–H groups in total. The number of hydrogen-bond donors (Lipinski definition) is 0. The van der Waals surface area contributed by atoms with Gasteiger partial charge in [-0.3, -0.25) is 8.37 Å². The molecule has 0 aromatic heterocycles. The number of rotatable bonds is 1. The van der Waals surface area contributed by atoms with Crippen molar-refractivity contribution in [3.05, 3.63) is 0 Å². The van der Waals surface area contributed by atoms with Crippen LogP contribution in [0.2, 0.25) is 0 Å². The molecule has 5 nitrogen and oxygen atoms in total. The minimum absolute atomic E-state index is 0.419. The smallest absolute Gasteiger partial charge is 0.259 e. The summed E-state index contributed by atoms with van der Waals surface area (Å²) in [5.74, 6) is 0. The Bertz CT molecular complexity index is 235. The molecule has 1 rings (SSSR count). The third-order valence-electron chi connectivity index (χ3n) is 0.648. The largest absolute Gasteiger partial charge is 0.282 e. The second-order valence-corrected chi connectivity index (χ2v) is 4.64. The van der Waals surface area contributed by atoms with Crippen LogP contribution in [0.4, 0.5) is 0 Å². The molecule has 0 unspecified atom stereocenters. The van der Waals surface area contributed by atoms with Crippen LogP contribution in [-0.4, -0.2) is 27.9 Å². The maximum absolute atomic E-state index is 10.5. The molecule has 0 saturated carbocycles. The van der Waals surface area contributed by atoms with E-state index in [4.69, 9.17) is 8.37 Å². The zero-order chi connectivity index (χ0) is 7.61. The van der Waals surface area contributed by atoms with Crippen LogP contribution >= 0.6 is 0 Å². The minimum Gasteiger partial charge on any atom is -0.282 e. The van der Waals surface area contributed by atoms with Gasteiger partial charge in [-0.15, -0.1) is 0 Å². The highest BCUT2D eigenvalue weighted by molar-refractivity contribution is 7.96. The molecule has 0 amide bonds. The van der Waals surface area contributed by atoms with E-state index in [1.165, 1.54) is 0 Å². The van der Waals surface area contributed by atoms with Crippen LogP contribution in [0.3, 0.4) is 0 Å². The second-order valence-electron chi connectivity index (χ2n) is 1.67. The molecule has 0 atom stereocenters. The Morgan fingerprint density at radius 2 is 1.90 bits per heavy atom. The summed E-state index contributed by atoms with van der Waals surface area (Å²) in [6.45, 7) is 0.838. The fourth-order valence-corrected chi connectivity index (χ4v) is 2.12. The van der Waals surface area contributed by atoms with E-state index in [0.717, 1.165) is 6.26 Å². The highest BCUT2D eigenvalue weighted by Crippen LogP contribution is 2.04. The lowest BCUT2D eigenvalue weighted by Crippen LogP contribution is -1.95. The fraction of sp³-hybridized carbons (Fsp3) is 1.00. The van der Waals surface area contributed by atoms with Gasteiger partial charge in [0.2, 0.25) is 0 Å². The normalized spacial score (nSPS) is 21.3. The molecule has 1 aliphatic rings. The minimum atomic E-state index is -3.32. The summed E-state index contributed by atoms with van der Waals surface area (Å²) in [7, 11) is -3.32. The lowest BCUT2D eigenvalue weighted by Gasteiger charge is -1.91. The summed E-state index contributed by atoms with van der Waals surface area (Å²) < 4.78 is 33.8. The second kappa shape index (κ2) is 2.95. The van der Waals surface area contributed by atoms with Crippen molar-refractivity contribution in [1.29, 1.82) is 0 Å². The van der Waals surface area contributed by atoms with Crippen molar-refractivity contribution in [3.8, 4) is 0 Å². The summed E-state index contributed by atoms with van der Waals surface area (Å²) in [5.41, 5.74) is 0. The summed E-state index contributed by atoms with van der Waals surface area (Å²) in [6, 6.07) is 0. The molecule has 0 aromatic rings. The van der Waals surface area contributed by atoms with Crippen LogP contribution in [0.25, 0.3) is 0 Å². The molecule has 1 saturated heterocycles.